The number of rotatable bonds is 4. The predicted molar refractivity (Wildman–Crippen MR) is 79.2 cm³/mol. The molecule has 0 amide bonds. The summed E-state index contributed by atoms with van der Waals surface area (Å²) in [7, 11) is 1.69. The molecule has 0 aliphatic rings. The maximum Gasteiger partial charge on any atom is 0.141 e. The first-order valence-corrected chi connectivity index (χ1v) is 6.65. The fraction of sp³-hybridized carbons (Fsp3) is 0.200. The Morgan fingerprint density at radius 2 is 1.72 bits per heavy atom. The zero-order chi connectivity index (χ0) is 13.0. The number of nitrogens with one attached hydrogen (secondary N) is 1. The molecule has 2 rings (SSSR count). The number of ether oxygens (including phenoxy) is 1. The molecule has 0 saturated heterocycles. The summed E-state index contributed by atoms with van der Waals surface area (Å²) in [5.74, 6) is 0.862. The largest absolute Gasteiger partial charge is 0.495 e. The van der Waals surface area contributed by atoms with Crippen LogP contribution in [-0.4, -0.2) is 7.11 Å². The van der Waals surface area contributed by atoms with Gasteiger partial charge in [0.05, 0.1) is 12.8 Å². The molecule has 1 N–H and O–H groups in total. The van der Waals surface area contributed by atoms with Gasteiger partial charge in [0.15, 0.2) is 0 Å². The maximum atomic E-state index is 5.33. The van der Waals surface area contributed by atoms with Crippen molar-refractivity contribution in [2.75, 3.05) is 12.4 Å². The maximum absolute atomic E-state index is 5.33. The number of benzene rings is 2. The van der Waals surface area contributed by atoms with Gasteiger partial charge >= 0.3 is 0 Å². The zero-order valence-corrected chi connectivity index (χ0v) is 12.1. The van der Waals surface area contributed by atoms with E-state index in [0.29, 0.717) is 0 Å². The Hall–Kier alpha value is -1.48. The standard InChI is InChI=1S/C15H16BrNO/c1-11(12-7-9-13(16)10-8-12)17-14-5-3-4-6-15(14)18-2/h3-11,17H,1-2H3. The van der Waals surface area contributed by atoms with Gasteiger partial charge in [0.25, 0.3) is 0 Å². The van der Waals surface area contributed by atoms with Gasteiger partial charge in [-0.3, -0.25) is 0 Å². The van der Waals surface area contributed by atoms with Crippen molar-refractivity contribution in [3.63, 3.8) is 0 Å². The first kappa shape index (κ1) is 13.0. The molecular weight excluding hydrogens is 290 g/mol. The average Bonchev–Trinajstić information content (AvgIpc) is 2.40. The minimum absolute atomic E-state index is 0.231. The molecule has 18 heavy (non-hydrogen) atoms. The second kappa shape index (κ2) is 5.91. The fourth-order valence-corrected chi connectivity index (χ4v) is 2.10. The van der Waals surface area contributed by atoms with Gasteiger partial charge in [-0.1, -0.05) is 40.2 Å². The van der Waals surface area contributed by atoms with Gasteiger partial charge in [-0.2, -0.15) is 0 Å². The van der Waals surface area contributed by atoms with Crippen molar-refractivity contribution < 1.29 is 4.74 Å². The molecule has 1 unspecified atom stereocenters. The van der Waals surface area contributed by atoms with Gasteiger partial charge in [-0.25, -0.2) is 0 Å². The second-order valence-electron chi connectivity index (χ2n) is 4.12. The number of halogens is 1. The SMILES string of the molecule is COc1ccccc1NC(C)c1ccc(Br)cc1. The molecule has 2 nitrogen and oxygen atoms in total. The first-order valence-electron chi connectivity index (χ1n) is 5.85. The Balaban J connectivity index is 2.15. The summed E-state index contributed by atoms with van der Waals surface area (Å²) in [4.78, 5) is 0. The van der Waals surface area contributed by atoms with Crippen molar-refractivity contribution in [3.05, 3.63) is 58.6 Å². The molecule has 0 saturated carbocycles. The van der Waals surface area contributed by atoms with E-state index in [1.54, 1.807) is 7.11 Å². The monoisotopic (exact) mass is 305 g/mol. The van der Waals surface area contributed by atoms with Gasteiger partial charge in [0, 0.05) is 10.5 Å². The van der Waals surface area contributed by atoms with Gasteiger partial charge in [0.1, 0.15) is 5.75 Å². The Morgan fingerprint density at radius 3 is 2.39 bits per heavy atom. The molecule has 0 aromatic heterocycles. The van der Waals surface area contributed by atoms with Crippen LogP contribution in [0.5, 0.6) is 5.75 Å². The van der Waals surface area contributed by atoms with Gasteiger partial charge in [0.2, 0.25) is 0 Å². The predicted octanol–water partition coefficient (Wildman–Crippen LogP) is 4.63. The van der Waals surface area contributed by atoms with Gasteiger partial charge in [-0.05, 0) is 36.8 Å². The van der Waals surface area contributed by atoms with E-state index in [1.165, 1.54) is 5.56 Å². The summed E-state index contributed by atoms with van der Waals surface area (Å²) >= 11 is 3.44. The van der Waals surface area contributed by atoms with Crippen molar-refractivity contribution >= 4 is 21.6 Å². The molecule has 0 aliphatic heterocycles. The summed E-state index contributed by atoms with van der Waals surface area (Å²) in [5, 5.41) is 3.46. The molecule has 1 atom stereocenters. The van der Waals surface area contributed by atoms with E-state index in [4.69, 9.17) is 4.74 Å². The highest BCUT2D eigenvalue weighted by atomic mass is 79.9. The highest BCUT2D eigenvalue weighted by molar-refractivity contribution is 9.10. The second-order valence-corrected chi connectivity index (χ2v) is 5.03. The van der Waals surface area contributed by atoms with Crippen LogP contribution in [0.3, 0.4) is 0 Å². The summed E-state index contributed by atoms with van der Waals surface area (Å²) in [5.41, 5.74) is 2.25. The van der Waals surface area contributed by atoms with E-state index >= 15 is 0 Å². The van der Waals surface area contributed by atoms with Crippen LogP contribution < -0.4 is 10.1 Å². The lowest BCUT2D eigenvalue weighted by atomic mass is 10.1. The first-order chi connectivity index (χ1) is 8.70. The molecule has 0 aliphatic carbocycles. The number of methoxy groups -OCH3 is 1. The number of anilines is 1. The molecule has 0 radical (unpaired) electrons. The summed E-state index contributed by atoms with van der Waals surface area (Å²) < 4.78 is 6.42. The molecule has 0 fully saturated rings. The van der Waals surface area contributed by atoms with E-state index in [2.05, 4.69) is 52.4 Å². The Bertz CT molecular complexity index is 510. The normalized spacial score (nSPS) is 11.9. The summed E-state index contributed by atoms with van der Waals surface area (Å²) in [6, 6.07) is 16.5. The van der Waals surface area contributed by atoms with E-state index in [0.717, 1.165) is 15.9 Å². The Labute approximate surface area is 116 Å². The Kier molecular flexibility index (Phi) is 4.26. The third kappa shape index (κ3) is 3.05. The number of hydrogen-bond donors (Lipinski definition) is 1. The minimum atomic E-state index is 0.231. The van der Waals surface area contributed by atoms with Crippen molar-refractivity contribution in [2.24, 2.45) is 0 Å². The number of hydrogen-bond acceptors (Lipinski definition) is 2. The molecule has 0 heterocycles. The van der Waals surface area contributed by atoms with Crippen molar-refractivity contribution in [1.29, 1.82) is 0 Å². The molecule has 0 bridgehead atoms. The molecule has 2 aromatic rings. The third-order valence-corrected chi connectivity index (χ3v) is 3.38. The van der Waals surface area contributed by atoms with Crippen LogP contribution in [0.1, 0.15) is 18.5 Å². The van der Waals surface area contributed by atoms with Crippen LogP contribution in [0, 0.1) is 0 Å². The molecule has 0 spiro atoms. The lowest BCUT2D eigenvalue weighted by molar-refractivity contribution is 0.416. The smallest absolute Gasteiger partial charge is 0.141 e. The molecule has 2 aromatic carbocycles. The fourth-order valence-electron chi connectivity index (χ4n) is 1.83. The van der Waals surface area contributed by atoms with Crippen molar-refractivity contribution in [2.45, 2.75) is 13.0 Å². The average molecular weight is 306 g/mol. The van der Waals surface area contributed by atoms with Crippen molar-refractivity contribution in [3.8, 4) is 5.75 Å². The van der Waals surface area contributed by atoms with E-state index in [-0.39, 0.29) is 6.04 Å². The van der Waals surface area contributed by atoms with Gasteiger partial charge in [-0.15, -0.1) is 0 Å². The van der Waals surface area contributed by atoms with Crippen molar-refractivity contribution in [1.82, 2.24) is 0 Å². The van der Waals surface area contributed by atoms with E-state index in [9.17, 15) is 0 Å². The zero-order valence-electron chi connectivity index (χ0n) is 10.5. The lowest BCUT2D eigenvalue weighted by Gasteiger charge is -2.17. The lowest BCUT2D eigenvalue weighted by Crippen LogP contribution is -2.07. The molecule has 3 heteroatoms. The molecule has 94 valence electrons. The quantitative estimate of drug-likeness (QED) is 0.889. The van der Waals surface area contributed by atoms with E-state index < -0.39 is 0 Å². The van der Waals surface area contributed by atoms with Gasteiger partial charge < -0.3 is 10.1 Å². The van der Waals surface area contributed by atoms with Crippen LogP contribution in [0.4, 0.5) is 5.69 Å². The third-order valence-electron chi connectivity index (χ3n) is 2.85. The topological polar surface area (TPSA) is 21.3 Å². The van der Waals surface area contributed by atoms with E-state index in [1.807, 2.05) is 24.3 Å². The van der Waals surface area contributed by atoms with Crippen LogP contribution in [0.15, 0.2) is 53.0 Å². The van der Waals surface area contributed by atoms with Crippen LogP contribution in [-0.2, 0) is 0 Å². The number of para-hydroxylation sites is 2. The van der Waals surface area contributed by atoms with Crippen LogP contribution >= 0.6 is 15.9 Å². The summed E-state index contributed by atoms with van der Waals surface area (Å²) in [6.07, 6.45) is 0. The molecular formula is C15H16BrNO. The minimum Gasteiger partial charge on any atom is -0.495 e. The van der Waals surface area contributed by atoms with Crippen LogP contribution in [0.25, 0.3) is 0 Å². The Morgan fingerprint density at radius 1 is 1.06 bits per heavy atom. The summed E-state index contributed by atoms with van der Waals surface area (Å²) in [6.45, 7) is 2.13. The highest BCUT2D eigenvalue weighted by Crippen LogP contribution is 2.28. The highest BCUT2D eigenvalue weighted by Gasteiger charge is 2.08. The van der Waals surface area contributed by atoms with Crippen LogP contribution in [0.2, 0.25) is 0 Å².